The second-order valence-electron chi connectivity index (χ2n) is 4.05. The third-order valence-electron chi connectivity index (χ3n) is 3.17. The quantitative estimate of drug-likeness (QED) is 0.792. The molecule has 0 radical (unpaired) electrons. The van der Waals surface area contributed by atoms with Crippen molar-refractivity contribution in [3.8, 4) is 0 Å². The Balaban J connectivity index is 2.28. The van der Waals surface area contributed by atoms with Crippen LogP contribution in [0.15, 0.2) is 18.2 Å². The molecule has 0 amide bonds. The van der Waals surface area contributed by atoms with Crippen LogP contribution < -0.4 is 5.32 Å². The normalized spacial score (nSPS) is 25.8. The molecule has 2 atom stereocenters. The Morgan fingerprint density at radius 2 is 2.20 bits per heavy atom. The third kappa shape index (κ3) is 2.02. The molecule has 3 heteroatoms. The zero-order valence-corrected chi connectivity index (χ0v) is 8.76. The highest BCUT2D eigenvalue weighted by atomic mass is 19.1. The first-order valence-corrected chi connectivity index (χ1v) is 5.40. The average Bonchev–Trinajstić information content (AvgIpc) is 2.65. The van der Waals surface area contributed by atoms with Gasteiger partial charge in [-0.25, -0.2) is 8.78 Å². The standard InChI is InChI=1S/C12H15F2N/c1-2-8-5-6-15-12(8)10-4-3-9(13)7-11(10)14/h3-4,7-8,12,15H,2,5-6H2,1H3. The molecule has 1 aromatic rings. The van der Waals surface area contributed by atoms with Crippen molar-refractivity contribution in [1.82, 2.24) is 5.32 Å². The highest BCUT2D eigenvalue weighted by Gasteiger charge is 2.28. The number of halogens is 2. The molecule has 0 bridgehead atoms. The topological polar surface area (TPSA) is 12.0 Å². The van der Waals surface area contributed by atoms with E-state index in [4.69, 9.17) is 0 Å². The predicted octanol–water partition coefficient (Wildman–Crippen LogP) is 3.03. The van der Waals surface area contributed by atoms with Crippen molar-refractivity contribution in [2.75, 3.05) is 6.54 Å². The molecule has 2 unspecified atom stereocenters. The first-order chi connectivity index (χ1) is 7.22. The number of hydrogen-bond acceptors (Lipinski definition) is 1. The molecule has 0 saturated carbocycles. The van der Waals surface area contributed by atoms with Crippen molar-refractivity contribution in [2.45, 2.75) is 25.8 Å². The van der Waals surface area contributed by atoms with Gasteiger partial charge in [-0.05, 0) is 24.9 Å². The van der Waals surface area contributed by atoms with Crippen LogP contribution in [0.5, 0.6) is 0 Å². The molecule has 1 aromatic carbocycles. The molecule has 1 nitrogen and oxygen atoms in total. The lowest BCUT2D eigenvalue weighted by molar-refractivity contribution is 0.430. The van der Waals surface area contributed by atoms with Crippen LogP contribution in [0, 0.1) is 17.6 Å². The summed E-state index contributed by atoms with van der Waals surface area (Å²) in [5.74, 6) is -0.486. The second-order valence-corrected chi connectivity index (χ2v) is 4.05. The van der Waals surface area contributed by atoms with Crippen molar-refractivity contribution in [3.63, 3.8) is 0 Å². The maximum Gasteiger partial charge on any atom is 0.130 e. The van der Waals surface area contributed by atoms with Crippen molar-refractivity contribution in [2.24, 2.45) is 5.92 Å². The molecule has 1 aliphatic rings. The van der Waals surface area contributed by atoms with Crippen molar-refractivity contribution in [3.05, 3.63) is 35.4 Å². The summed E-state index contributed by atoms with van der Waals surface area (Å²) < 4.78 is 26.3. The number of nitrogens with one attached hydrogen (secondary N) is 1. The summed E-state index contributed by atoms with van der Waals surface area (Å²) in [4.78, 5) is 0. The summed E-state index contributed by atoms with van der Waals surface area (Å²) >= 11 is 0. The highest BCUT2D eigenvalue weighted by molar-refractivity contribution is 5.23. The molecule has 0 aliphatic carbocycles. The van der Waals surface area contributed by atoms with E-state index in [1.54, 1.807) is 6.07 Å². The maximum atomic E-state index is 13.5. The number of hydrogen-bond donors (Lipinski definition) is 1. The van der Waals surface area contributed by atoms with Crippen LogP contribution in [0.2, 0.25) is 0 Å². The van der Waals surface area contributed by atoms with Crippen LogP contribution in [0.3, 0.4) is 0 Å². The molecule has 2 rings (SSSR count). The van der Waals surface area contributed by atoms with E-state index in [0.29, 0.717) is 11.5 Å². The van der Waals surface area contributed by atoms with E-state index >= 15 is 0 Å². The van der Waals surface area contributed by atoms with Gasteiger partial charge in [0.1, 0.15) is 11.6 Å². The minimum Gasteiger partial charge on any atom is -0.310 e. The monoisotopic (exact) mass is 211 g/mol. The molecule has 82 valence electrons. The molecule has 1 fully saturated rings. The molecule has 1 N–H and O–H groups in total. The summed E-state index contributed by atoms with van der Waals surface area (Å²) in [6.45, 7) is 3.02. The van der Waals surface area contributed by atoms with Crippen LogP contribution in [-0.2, 0) is 0 Å². The molecular formula is C12H15F2N. The van der Waals surface area contributed by atoms with Crippen LogP contribution in [0.4, 0.5) is 8.78 Å². The Kier molecular flexibility index (Phi) is 3.00. The summed E-state index contributed by atoms with van der Waals surface area (Å²) in [5.41, 5.74) is 0.598. The Bertz CT molecular complexity index is 351. The molecule has 15 heavy (non-hydrogen) atoms. The highest BCUT2D eigenvalue weighted by Crippen LogP contribution is 2.33. The Morgan fingerprint density at radius 1 is 1.40 bits per heavy atom. The van der Waals surface area contributed by atoms with E-state index in [1.165, 1.54) is 6.07 Å². The predicted molar refractivity (Wildman–Crippen MR) is 55.5 cm³/mol. The van der Waals surface area contributed by atoms with Gasteiger partial charge >= 0.3 is 0 Å². The Morgan fingerprint density at radius 3 is 2.87 bits per heavy atom. The first-order valence-electron chi connectivity index (χ1n) is 5.40. The van der Waals surface area contributed by atoms with Gasteiger partial charge in [-0.15, -0.1) is 0 Å². The van der Waals surface area contributed by atoms with Gasteiger partial charge in [0.25, 0.3) is 0 Å². The third-order valence-corrected chi connectivity index (χ3v) is 3.17. The fourth-order valence-electron chi connectivity index (χ4n) is 2.32. The molecule has 1 heterocycles. The van der Waals surface area contributed by atoms with E-state index in [2.05, 4.69) is 12.2 Å². The fraction of sp³-hybridized carbons (Fsp3) is 0.500. The van der Waals surface area contributed by atoms with Crippen molar-refractivity contribution >= 4 is 0 Å². The second kappa shape index (κ2) is 4.27. The van der Waals surface area contributed by atoms with Gasteiger partial charge in [-0.1, -0.05) is 19.4 Å². The van der Waals surface area contributed by atoms with Gasteiger partial charge in [0, 0.05) is 17.7 Å². The van der Waals surface area contributed by atoms with Crippen molar-refractivity contribution < 1.29 is 8.78 Å². The fourth-order valence-corrected chi connectivity index (χ4v) is 2.32. The van der Waals surface area contributed by atoms with Gasteiger partial charge < -0.3 is 5.32 Å². The summed E-state index contributed by atoms with van der Waals surface area (Å²) in [6.07, 6.45) is 2.09. The van der Waals surface area contributed by atoms with Crippen molar-refractivity contribution in [1.29, 1.82) is 0 Å². The van der Waals surface area contributed by atoms with E-state index < -0.39 is 11.6 Å². The van der Waals surface area contributed by atoms with Crippen LogP contribution >= 0.6 is 0 Å². The zero-order valence-electron chi connectivity index (χ0n) is 8.76. The molecule has 0 aromatic heterocycles. The lowest BCUT2D eigenvalue weighted by atomic mass is 9.92. The minimum absolute atomic E-state index is 0.0515. The van der Waals surface area contributed by atoms with Gasteiger partial charge in [-0.3, -0.25) is 0 Å². The Hall–Kier alpha value is -0.960. The average molecular weight is 211 g/mol. The van der Waals surface area contributed by atoms with E-state index in [1.807, 2.05) is 0 Å². The molecule has 1 saturated heterocycles. The molecular weight excluding hydrogens is 196 g/mol. The molecule has 0 spiro atoms. The lowest BCUT2D eigenvalue weighted by Gasteiger charge is -2.19. The largest absolute Gasteiger partial charge is 0.310 e. The molecule has 1 aliphatic heterocycles. The van der Waals surface area contributed by atoms with E-state index in [9.17, 15) is 8.78 Å². The number of benzene rings is 1. The minimum atomic E-state index is -0.512. The number of rotatable bonds is 2. The van der Waals surface area contributed by atoms with Gasteiger partial charge in [0.2, 0.25) is 0 Å². The van der Waals surface area contributed by atoms with Gasteiger partial charge in [-0.2, -0.15) is 0 Å². The van der Waals surface area contributed by atoms with Crippen LogP contribution in [-0.4, -0.2) is 6.54 Å². The maximum absolute atomic E-state index is 13.5. The lowest BCUT2D eigenvalue weighted by Crippen LogP contribution is -2.19. The smallest absolute Gasteiger partial charge is 0.130 e. The van der Waals surface area contributed by atoms with Gasteiger partial charge in [0.05, 0.1) is 0 Å². The van der Waals surface area contributed by atoms with Gasteiger partial charge in [0.15, 0.2) is 0 Å². The summed E-state index contributed by atoms with van der Waals surface area (Å²) in [7, 11) is 0. The zero-order chi connectivity index (χ0) is 10.8. The van der Waals surface area contributed by atoms with E-state index in [0.717, 1.165) is 25.5 Å². The summed E-state index contributed by atoms with van der Waals surface area (Å²) in [6, 6.07) is 3.89. The van der Waals surface area contributed by atoms with Crippen LogP contribution in [0.25, 0.3) is 0 Å². The summed E-state index contributed by atoms with van der Waals surface area (Å²) in [5, 5.41) is 3.27. The SMILES string of the molecule is CCC1CCNC1c1ccc(F)cc1F. The first kappa shape index (κ1) is 10.6. The van der Waals surface area contributed by atoms with E-state index in [-0.39, 0.29) is 6.04 Å². The Labute approximate surface area is 88.5 Å². The van der Waals surface area contributed by atoms with Crippen LogP contribution in [0.1, 0.15) is 31.4 Å².